The third-order valence-electron chi connectivity index (χ3n) is 6.74. The predicted octanol–water partition coefficient (Wildman–Crippen LogP) is 3.74. The second-order valence-electron chi connectivity index (χ2n) is 9.00. The molecule has 0 saturated carbocycles. The zero-order valence-corrected chi connectivity index (χ0v) is 18.0. The molecule has 31 heavy (non-hydrogen) atoms. The normalized spacial score (nSPS) is 21.0. The van der Waals surface area contributed by atoms with Crippen LogP contribution in [0.1, 0.15) is 47.1 Å². The van der Waals surface area contributed by atoms with Gasteiger partial charge in [-0.15, -0.1) is 0 Å². The van der Waals surface area contributed by atoms with Gasteiger partial charge in [-0.05, 0) is 62.4 Å². The SMILES string of the molecule is Cc1cncc(C(=O)N2CCC3(CC2)CC(c2noc(-c4ccccc4)n2)N(C)C3)c1. The average Bonchev–Trinajstić information content (AvgIpc) is 3.39. The third kappa shape index (κ3) is 3.85. The molecule has 1 atom stereocenters. The van der Waals surface area contributed by atoms with Crippen LogP contribution in [0.3, 0.4) is 0 Å². The number of amides is 1. The van der Waals surface area contributed by atoms with Crippen LogP contribution in [0.5, 0.6) is 0 Å². The number of likely N-dealkylation sites (tertiary alicyclic amines) is 2. The molecule has 2 aliphatic heterocycles. The monoisotopic (exact) mass is 417 g/mol. The lowest BCUT2D eigenvalue weighted by atomic mass is 9.76. The van der Waals surface area contributed by atoms with Crippen molar-refractivity contribution in [2.45, 2.75) is 32.2 Å². The molecule has 3 aromatic rings. The van der Waals surface area contributed by atoms with Crippen molar-refractivity contribution in [2.75, 3.05) is 26.7 Å². The van der Waals surface area contributed by atoms with E-state index in [1.807, 2.05) is 48.2 Å². The van der Waals surface area contributed by atoms with Crippen LogP contribution in [0, 0.1) is 12.3 Å². The lowest BCUT2D eigenvalue weighted by Crippen LogP contribution is -2.44. The van der Waals surface area contributed by atoms with Gasteiger partial charge in [0.15, 0.2) is 5.82 Å². The molecule has 2 aromatic heterocycles. The smallest absolute Gasteiger partial charge is 0.257 e. The van der Waals surface area contributed by atoms with E-state index in [1.54, 1.807) is 12.4 Å². The molecule has 1 unspecified atom stereocenters. The number of carbonyl (C=O) groups is 1. The second kappa shape index (κ2) is 7.89. The van der Waals surface area contributed by atoms with Crippen LogP contribution in [0.15, 0.2) is 53.3 Å². The fourth-order valence-corrected chi connectivity index (χ4v) is 5.03. The molecule has 0 N–H and O–H groups in total. The summed E-state index contributed by atoms with van der Waals surface area (Å²) in [6, 6.07) is 11.9. The molecule has 160 valence electrons. The first-order chi connectivity index (χ1) is 15.0. The van der Waals surface area contributed by atoms with Gasteiger partial charge in [-0.2, -0.15) is 4.98 Å². The molecular formula is C24H27N5O2. The summed E-state index contributed by atoms with van der Waals surface area (Å²) in [6.07, 6.45) is 6.41. The fourth-order valence-electron chi connectivity index (χ4n) is 5.03. The van der Waals surface area contributed by atoms with Crippen LogP contribution < -0.4 is 0 Å². The molecule has 7 heteroatoms. The fraction of sp³-hybridized carbons (Fsp3) is 0.417. The highest BCUT2D eigenvalue weighted by molar-refractivity contribution is 5.94. The first-order valence-electron chi connectivity index (χ1n) is 10.8. The highest BCUT2D eigenvalue weighted by atomic mass is 16.5. The van der Waals surface area contributed by atoms with Gasteiger partial charge in [0.25, 0.3) is 11.8 Å². The Bertz CT molecular complexity index is 1070. The van der Waals surface area contributed by atoms with E-state index in [2.05, 4.69) is 22.1 Å². The minimum absolute atomic E-state index is 0.0830. The minimum atomic E-state index is 0.0830. The average molecular weight is 418 g/mol. The van der Waals surface area contributed by atoms with Gasteiger partial charge in [-0.3, -0.25) is 14.7 Å². The molecule has 1 spiro atoms. The number of piperidine rings is 1. The lowest BCUT2D eigenvalue weighted by Gasteiger charge is -2.39. The van der Waals surface area contributed by atoms with E-state index >= 15 is 0 Å². The van der Waals surface area contributed by atoms with E-state index in [9.17, 15) is 4.79 Å². The van der Waals surface area contributed by atoms with Crippen molar-refractivity contribution in [3.63, 3.8) is 0 Å². The van der Waals surface area contributed by atoms with Crippen LogP contribution in [-0.4, -0.2) is 57.5 Å². The molecule has 2 saturated heterocycles. The summed E-state index contributed by atoms with van der Waals surface area (Å²) in [4.78, 5) is 26.1. The van der Waals surface area contributed by atoms with Gasteiger partial charge >= 0.3 is 0 Å². The van der Waals surface area contributed by atoms with E-state index in [-0.39, 0.29) is 17.4 Å². The summed E-state index contributed by atoms with van der Waals surface area (Å²) in [6.45, 7) is 4.50. The van der Waals surface area contributed by atoms with Gasteiger partial charge in [0.2, 0.25) is 0 Å². The van der Waals surface area contributed by atoms with Crippen LogP contribution in [-0.2, 0) is 0 Å². The second-order valence-corrected chi connectivity index (χ2v) is 9.00. The number of carbonyl (C=O) groups excluding carboxylic acids is 1. The van der Waals surface area contributed by atoms with Crippen LogP contribution in [0.4, 0.5) is 0 Å². The predicted molar refractivity (Wildman–Crippen MR) is 116 cm³/mol. The number of hydrogen-bond acceptors (Lipinski definition) is 6. The molecular weight excluding hydrogens is 390 g/mol. The van der Waals surface area contributed by atoms with Gasteiger partial charge in [0, 0.05) is 37.6 Å². The molecule has 0 bridgehead atoms. The summed E-state index contributed by atoms with van der Waals surface area (Å²) in [5.74, 6) is 1.40. The van der Waals surface area contributed by atoms with Crippen LogP contribution >= 0.6 is 0 Å². The molecule has 1 amide bonds. The Kier molecular flexibility index (Phi) is 5.06. The van der Waals surface area contributed by atoms with Crippen molar-refractivity contribution in [3.05, 3.63) is 65.7 Å². The van der Waals surface area contributed by atoms with Gasteiger partial charge < -0.3 is 9.42 Å². The molecule has 7 nitrogen and oxygen atoms in total. The Hall–Kier alpha value is -3.06. The number of rotatable bonds is 3. The lowest BCUT2D eigenvalue weighted by molar-refractivity contribution is 0.0593. The van der Waals surface area contributed by atoms with E-state index in [0.717, 1.165) is 55.8 Å². The van der Waals surface area contributed by atoms with E-state index in [4.69, 9.17) is 9.51 Å². The maximum atomic E-state index is 12.9. The van der Waals surface area contributed by atoms with Crippen LogP contribution in [0.25, 0.3) is 11.5 Å². The molecule has 4 heterocycles. The summed E-state index contributed by atoms with van der Waals surface area (Å²) in [5, 5.41) is 4.29. The highest BCUT2D eigenvalue weighted by Crippen LogP contribution is 2.48. The van der Waals surface area contributed by atoms with Gasteiger partial charge in [0.1, 0.15) is 0 Å². The van der Waals surface area contributed by atoms with Crippen molar-refractivity contribution in [2.24, 2.45) is 5.41 Å². The van der Waals surface area contributed by atoms with Gasteiger partial charge in [0.05, 0.1) is 11.6 Å². The zero-order valence-electron chi connectivity index (χ0n) is 18.0. The molecule has 2 aliphatic rings. The van der Waals surface area contributed by atoms with E-state index in [1.165, 1.54) is 0 Å². The molecule has 0 radical (unpaired) electrons. The van der Waals surface area contributed by atoms with E-state index < -0.39 is 0 Å². The Morgan fingerprint density at radius 2 is 1.94 bits per heavy atom. The largest absolute Gasteiger partial charge is 0.339 e. The highest BCUT2D eigenvalue weighted by Gasteiger charge is 2.46. The van der Waals surface area contributed by atoms with Gasteiger partial charge in [-0.1, -0.05) is 23.4 Å². The van der Waals surface area contributed by atoms with Crippen molar-refractivity contribution in [1.29, 1.82) is 0 Å². The standard InChI is InChI=1S/C24H27N5O2/c1-17-12-19(15-25-14-17)23(30)29-10-8-24(9-11-29)13-20(28(2)16-24)21-26-22(31-27-21)18-6-4-3-5-7-18/h3-7,12,14-15,20H,8-11,13,16H2,1-2H3. The van der Waals surface area contributed by atoms with Gasteiger partial charge in [-0.25, -0.2) is 0 Å². The zero-order chi connectivity index (χ0) is 21.4. The number of aromatic nitrogens is 3. The first-order valence-corrected chi connectivity index (χ1v) is 10.8. The summed E-state index contributed by atoms with van der Waals surface area (Å²) in [5.41, 5.74) is 2.82. The summed E-state index contributed by atoms with van der Waals surface area (Å²) < 4.78 is 5.55. The summed E-state index contributed by atoms with van der Waals surface area (Å²) in [7, 11) is 2.13. The molecule has 5 rings (SSSR count). The number of benzene rings is 1. The molecule has 0 aliphatic carbocycles. The number of pyridine rings is 1. The Balaban J connectivity index is 1.26. The maximum absolute atomic E-state index is 12.9. The quantitative estimate of drug-likeness (QED) is 0.646. The van der Waals surface area contributed by atoms with Crippen molar-refractivity contribution < 1.29 is 9.32 Å². The topological polar surface area (TPSA) is 75.4 Å². The van der Waals surface area contributed by atoms with Crippen molar-refractivity contribution in [1.82, 2.24) is 24.9 Å². The Morgan fingerprint density at radius 3 is 2.68 bits per heavy atom. The van der Waals surface area contributed by atoms with Crippen molar-refractivity contribution >= 4 is 5.91 Å². The number of hydrogen-bond donors (Lipinski definition) is 0. The molecule has 2 fully saturated rings. The van der Waals surface area contributed by atoms with Crippen LogP contribution in [0.2, 0.25) is 0 Å². The number of aryl methyl sites for hydroxylation is 1. The van der Waals surface area contributed by atoms with E-state index in [0.29, 0.717) is 11.5 Å². The number of nitrogens with zero attached hydrogens (tertiary/aromatic N) is 5. The Morgan fingerprint density at radius 1 is 1.16 bits per heavy atom. The third-order valence-corrected chi connectivity index (χ3v) is 6.74. The Labute approximate surface area is 182 Å². The van der Waals surface area contributed by atoms with Crippen molar-refractivity contribution in [3.8, 4) is 11.5 Å². The first kappa shape index (κ1) is 19.9. The molecule has 1 aromatic carbocycles. The minimum Gasteiger partial charge on any atom is -0.339 e. The maximum Gasteiger partial charge on any atom is 0.257 e. The summed E-state index contributed by atoms with van der Waals surface area (Å²) >= 11 is 0.